The molecule has 0 atom stereocenters. The third-order valence-corrected chi connectivity index (χ3v) is 5.65. The first kappa shape index (κ1) is 19.7. The van der Waals surface area contributed by atoms with E-state index in [2.05, 4.69) is 57.3 Å². The number of anilines is 1. The number of rotatable bonds is 4. The molecule has 1 aromatic carbocycles. The number of hydrogen-bond acceptors (Lipinski definition) is 5. The number of carbonyl (C=O) groups is 1. The number of hydrogen-bond donors (Lipinski definition) is 2. The summed E-state index contributed by atoms with van der Waals surface area (Å²) in [6.45, 7) is 1.42. The fraction of sp³-hybridized carbons (Fsp3) is 0.0556. The molecule has 0 radical (unpaired) electrons. The van der Waals surface area contributed by atoms with E-state index in [-0.39, 0.29) is 5.91 Å². The minimum Gasteiger partial charge on any atom is -0.311 e. The molecule has 0 unspecified atom stereocenters. The van der Waals surface area contributed by atoms with Crippen LogP contribution >= 0.6 is 43.5 Å². The van der Waals surface area contributed by atoms with Gasteiger partial charge in [0.25, 0.3) is 0 Å². The molecule has 1 amide bonds. The summed E-state index contributed by atoms with van der Waals surface area (Å²) in [6.07, 6.45) is 3.02. The number of aromatic amines is 1. The van der Waals surface area contributed by atoms with E-state index in [4.69, 9.17) is 16.7 Å². The minimum atomic E-state index is -0.218. The third-order valence-electron chi connectivity index (χ3n) is 3.98. The number of H-pyrrole nitrogens is 1. The summed E-state index contributed by atoms with van der Waals surface area (Å²) in [5.41, 5.74) is 2.71. The zero-order valence-corrected chi connectivity index (χ0v) is 18.7. The Morgan fingerprint density at radius 1 is 1.24 bits per heavy atom. The molecule has 8 nitrogen and oxygen atoms in total. The Labute approximate surface area is 187 Å². The lowest BCUT2D eigenvalue weighted by atomic mass is 10.1. The molecule has 2 N–H and O–H groups in total. The van der Waals surface area contributed by atoms with Gasteiger partial charge < -0.3 is 5.32 Å². The second-order valence-corrected chi connectivity index (χ2v) is 7.95. The Hall–Kier alpha value is -2.56. The predicted molar refractivity (Wildman–Crippen MR) is 117 cm³/mol. The monoisotopic (exact) mass is 535 g/mol. The van der Waals surface area contributed by atoms with E-state index in [0.717, 1.165) is 5.56 Å². The van der Waals surface area contributed by atoms with Crippen LogP contribution in [0.15, 0.2) is 51.9 Å². The number of halogens is 3. The molecule has 4 rings (SSSR count). The number of pyridine rings is 1. The standard InChI is InChI=1S/C18H12Br2ClN7O/c1-9(29)25-14-6-13(11(19)7-22-14)28-17(20)15(18-23-8-24-26-18)16(27-28)10-4-2-3-5-12(10)21/h2-8H,1H3,(H,22,25,29)(H,23,24,26). The maximum atomic E-state index is 11.4. The molecule has 0 bridgehead atoms. The van der Waals surface area contributed by atoms with Crippen LogP contribution in [-0.4, -0.2) is 35.9 Å². The van der Waals surface area contributed by atoms with Crippen molar-refractivity contribution in [3.8, 4) is 28.3 Å². The molecule has 146 valence electrons. The molecular weight excluding hydrogens is 526 g/mol. The normalized spacial score (nSPS) is 10.9. The predicted octanol–water partition coefficient (Wildman–Crippen LogP) is 4.86. The molecule has 3 heterocycles. The van der Waals surface area contributed by atoms with Gasteiger partial charge in [-0.05, 0) is 37.9 Å². The summed E-state index contributed by atoms with van der Waals surface area (Å²) in [7, 11) is 0. The fourth-order valence-corrected chi connectivity index (χ4v) is 4.03. The molecule has 3 aromatic heterocycles. The van der Waals surface area contributed by atoms with Crippen LogP contribution in [0.25, 0.3) is 28.3 Å². The highest BCUT2D eigenvalue weighted by molar-refractivity contribution is 9.11. The van der Waals surface area contributed by atoms with E-state index < -0.39 is 0 Å². The summed E-state index contributed by atoms with van der Waals surface area (Å²) in [6, 6.07) is 9.13. The SMILES string of the molecule is CC(=O)Nc1cc(-n2nc(-c3ccccc3Cl)c(-c3ncn[nH]3)c2Br)c(Br)cn1. The first-order valence-corrected chi connectivity index (χ1v) is 10.2. The molecule has 29 heavy (non-hydrogen) atoms. The van der Waals surface area contributed by atoms with Crippen LogP contribution in [0, 0.1) is 0 Å². The highest BCUT2D eigenvalue weighted by Gasteiger charge is 2.24. The second-order valence-electron chi connectivity index (χ2n) is 5.94. The topological polar surface area (TPSA) is 101 Å². The minimum absolute atomic E-state index is 0.218. The summed E-state index contributed by atoms with van der Waals surface area (Å²) in [5, 5.41) is 14.8. The first-order chi connectivity index (χ1) is 14.0. The van der Waals surface area contributed by atoms with E-state index >= 15 is 0 Å². The van der Waals surface area contributed by atoms with Gasteiger partial charge in [-0.3, -0.25) is 9.89 Å². The van der Waals surface area contributed by atoms with Crippen LogP contribution < -0.4 is 5.32 Å². The van der Waals surface area contributed by atoms with Gasteiger partial charge in [-0.15, -0.1) is 0 Å². The van der Waals surface area contributed by atoms with Gasteiger partial charge in [0, 0.05) is 24.8 Å². The van der Waals surface area contributed by atoms with Gasteiger partial charge in [-0.1, -0.05) is 29.8 Å². The average molecular weight is 538 g/mol. The molecule has 0 aliphatic heterocycles. The fourth-order valence-electron chi connectivity index (χ4n) is 2.77. The van der Waals surface area contributed by atoms with Crippen molar-refractivity contribution >= 4 is 55.2 Å². The number of carbonyl (C=O) groups excluding carboxylic acids is 1. The van der Waals surface area contributed by atoms with Crippen molar-refractivity contribution < 1.29 is 4.79 Å². The summed E-state index contributed by atoms with van der Waals surface area (Å²) in [4.78, 5) is 19.9. The lowest BCUT2D eigenvalue weighted by Gasteiger charge is -2.09. The highest BCUT2D eigenvalue weighted by Crippen LogP contribution is 2.40. The maximum Gasteiger partial charge on any atom is 0.222 e. The zero-order chi connectivity index (χ0) is 20.5. The van der Waals surface area contributed by atoms with Gasteiger partial charge in [0.15, 0.2) is 5.82 Å². The number of amides is 1. The Bertz CT molecular complexity index is 1210. The molecule has 11 heteroatoms. The van der Waals surface area contributed by atoms with Crippen LogP contribution in [0.5, 0.6) is 0 Å². The number of aromatic nitrogens is 6. The van der Waals surface area contributed by atoms with E-state index in [1.165, 1.54) is 13.3 Å². The van der Waals surface area contributed by atoms with Crippen molar-refractivity contribution in [3.63, 3.8) is 0 Å². The molecular formula is C18H12Br2ClN7O. The van der Waals surface area contributed by atoms with Gasteiger partial charge in [0.05, 0.1) is 20.7 Å². The zero-order valence-electron chi connectivity index (χ0n) is 14.8. The molecule has 0 fully saturated rings. The Balaban J connectivity index is 1.96. The van der Waals surface area contributed by atoms with Crippen LogP contribution in [0.3, 0.4) is 0 Å². The van der Waals surface area contributed by atoms with E-state index in [1.807, 2.05) is 18.2 Å². The van der Waals surface area contributed by atoms with Crippen LogP contribution in [-0.2, 0) is 4.79 Å². The van der Waals surface area contributed by atoms with Crippen LogP contribution in [0.4, 0.5) is 5.82 Å². The van der Waals surface area contributed by atoms with E-state index in [1.54, 1.807) is 23.0 Å². The molecule has 0 spiro atoms. The summed E-state index contributed by atoms with van der Waals surface area (Å²) >= 11 is 13.6. The van der Waals surface area contributed by atoms with Gasteiger partial charge >= 0.3 is 0 Å². The summed E-state index contributed by atoms with van der Waals surface area (Å²) in [5.74, 6) is 0.716. The van der Waals surface area contributed by atoms with Gasteiger partial charge in [-0.25, -0.2) is 14.6 Å². The van der Waals surface area contributed by atoms with Crippen molar-refractivity contribution in [3.05, 3.63) is 57.0 Å². The number of nitrogens with one attached hydrogen (secondary N) is 2. The number of benzene rings is 1. The van der Waals surface area contributed by atoms with Crippen molar-refractivity contribution in [1.29, 1.82) is 0 Å². The van der Waals surface area contributed by atoms with Crippen molar-refractivity contribution in [2.24, 2.45) is 0 Å². The van der Waals surface area contributed by atoms with Gasteiger partial charge in [0.2, 0.25) is 5.91 Å². The highest BCUT2D eigenvalue weighted by atomic mass is 79.9. The van der Waals surface area contributed by atoms with Crippen molar-refractivity contribution in [2.45, 2.75) is 6.92 Å². The largest absolute Gasteiger partial charge is 0.311 e. The summed E-state index contributed by atoms with van der Waals surface area (Å²) < 4.78 is 2.99. The Morgan fingerprint density at radius 3 is 2.72 bits per heavy atom. The Kier molecular flexibility index (Phi) is 5.48. The Morgan fingerprint density at radius 2 is 2.03 bits per heavy atom. The maximum absolute atomic E-state index is 11.4. The van der Waals surface area contributed by atoms with E-state index in [0.29, 0.717) is 42.7 Å². The lowest BCUT2D eigenvalue weighted by Crippen LogP contribution is -2.09. The molecule has 0 saturated carbocycles. The van der Waals surface area contributed by atoms with Crippen LogP contribution in [0.2, 0.25) is 5.02 Å². The first-order valence-electron chi connectivity index (χ1n) is 8.28. The van der Waals surface area contributed by atoms with Crippen molar-refractivity contribution in [1.82, 2.24) is 29.9 Å². The molecule has 0 saturated heterocycles. The third kappa shape index (κ3) is 3.83. The lowest BCUT2D eigenvalue weighted by molar-refractivity contribution is -0.114. The second kappa shape index (κ2) is 8.05. The van der Waals surface area contributed by atoms with Gasteiger partial charge in [0.1, 0.15) is 22.4 Å². The number of nitrogens with zero attached hydrogens (tertiary/aromatic N) is 5. The molecule has 0 aliphatic rings. The van der Waals surface area contributed by atoms with E-state index in [9.17, 15) is 4.79 Å². The van der Waals surface area contributed by atoms with Gasteiger partial charge in [-0.2, -0.15) is 10.2 Å². The average Bonchev–Trinajstić information content (AvgIpc) is 3.31. The van der Waals surface area contributed by atoms with Crippen LogP contribution in [0.1, 0.15) is 6.92 Å². The van der Waals surface area contributed by atoms with Crippen molar-refractivity contribution in [2.75, 3.05) is 5.32 Å². The smallest absolute Gasteiger partial charge is 0.222 e. The molecule has 0 aliphatic carbocycles. The quantitative estimate of drug-likeness (QED) is 0.387. The molecule has 4 aromatic rings.